The van der Waals surface area contributed by atoms with Gasteiger partial charge < -0.3 is 15.2 Å². The van der Waals surface area contributed by atoms with Gasteiger partial charge in [-0.3, -0.25) is 19.6 Å². The molecule has 0 aliphatic carbocycles. The quantitative estimate of drug-likeness (QED) is 0.462. The first-order valence-corrected chi connectivity index (χ1v) is 11.1. The van der Waals surface area contributed by atoms with E-state index in [4.69, 9.17) is 11.6 Å². The van der Waals surface area contributed by atoms with Gasteiger partial charge in [-0.2, -0.15) is 5.10 Å². The summed E-state index contributed by atoms with van der Waals surface area (Å²) in [4.78, 5) is 34.5. The molecule has 1 aliphatic heterocycles. The van der Waals surface area contributed by atoms with Crippen molar-refractivity contribution in [3.05, 3.63) is 46.6 Å². The summed E-state index contributed by atoms with van der Waals surface area (Å²) >= 11 is 4.76. The molecule has 13 heteroatoms. The van der Waals surface area contributed by atoms with E-state index in [2.05, 4.69) is 30.8 Å². The van der Waals surface area contributed by atoms with Gasteiger partial charge in [0.2, 0.25) is 5.91 Å². The van der Waals surface area contributed by atoms with E-state index in [1.807, 2.05) is 0 Å². The molecular weight excluding hydrogens is 449 g/mol. The molecule has 10 nitrogen and oxygen atoms in total. The number of benzene rings is 1. The Kier molecular flexibility index (Phi) is 6.20. The van der Waals surface area contributed by atoms with Crippen LogP contribution in [0.5, 0.6) is 0 Å². The Balaban J connectivity index is 1.43. The number of rotatable bonds is 6. The summed E-state index contributed by atoms with van der Waals surface area (Å²) in [7, 11) is 0. The van der Waals surface area contributed by atoms with E-state index < -0.39 is 22.9 Å². The van der Waals surface area contributed by atoms with E-state index >= 15 is 0 Å². The van der Waals surface area contributed by atoms with Crippen LogP contribution in [-0.4, -0.2) is 66.2 Å². The van der Waals surface area contributed by atoms with E-state index in [1.165, 1.54) is 29.4 Å². The predicted octanol–water partition coefficient (Wildman–Crippen LogP) is 1.04. The zero-order valence-electron chi connectivity index (χ0n) is 16.0. The molecule has 31 heavy (non-hydrogen) atoms. The number of anilines is 1. The average Bonchev–Trinajstić information content (AvgIpc) is 3.38. The van der Waals surface area contributed by atoms with Crippen LogP contribution in [-0.2, 0) is 22.5 Å². The van der Waals surface area contributed by atoms with Gasteiger partial charge in [0.15, 0.2) is 17.4 Å². The lowest BCUT2D eigenvalue weighted by Gasteiger charge is -2.12. The highest BCUT2D eigenvalue weighted by molar-refractivity contribution is 7.91. The highest BCUT2D eigenvalue weighted by Gasteiger charge is 2.27. The fourth-order valence-electron chi connectivity index (χ4n) is 3.03. The Morgan fingerprint density at radius 1 is 1.35 bits per heavy atom. The molecule has 0 bridgehead atoms. The maximum atomic E-state index is 13.3. The first kappa shape index (κ1) is 21.3. The smallest absolute Gasteiger partial charge is 0.272 e. The molecule has 0 spiro atoms. The highest BCUT2D eigenvalue weighted by atomic mass is 35.5. The number of nitrogens with one attached hydrogen (secondary N) is 3. The fourth-order valence-corrected chi connectivity index (χ4v) is 4.41. The molecule has 4 rings (SSSR count). The van der Waals surface area contributed by atoms with Crippen LogP contribution < -0.4 is 10.6 Å². The van der Waals surface area contributed by atoms with E-state index in [-0.39, 0.29) is 35.6 Å². The van der Waals surface area contributed by atoms with Crippen LogP contribution in [0.2, 0.25) is 5.02 Å². The molecule has 3 aromatic rings. The maximum absolute atomic E-state index is 13.3. The first-order chi connectivity index (χ1) is 14.9. The van der Waals surface area contributed by atoms with Gasteiger partial charge in [-0.05, 0) is 28.9 Å². The second kappa shape index (κ2) is 9.04. The van der Waals surface area contributed by atoms with Crippen LogP contribution >= 0.6 is 11.6 Å². The first-order valence-electron chi connectivity index (χ1n) is 9.20. The summed E-state index contributed by atoms with van der Waals surface area (Å²) in [5.41, 5.74) is 1.34. The molecule has 1 aromatic carbocycles. The minimum atomic E-state index is -0.999. The third kappa shape index (κ3) is 4.70. The number of aromatic amines is 1. The van der Waals surface area contributed by atoms with Crippen molar-refractivity contribution in [1.82, 2.24) is 30.4 Å². The molecule has 3 N–H and O–H groups in total. The van der Waals surface area contributed by atoms with Crippen molar-refractivity contribution in [2.75, 3.05) is 30.0 Å². The van der Waals surface area contributed by atoms with Gasteiger partial charge in [-0.1, -0.05) is 17.7 Å². The summed E-state index contributed by atoms with van der Waals surface area (Å²) in [5, 5.41) is 12.3. The van der Waals surface area contributed by atoms with Crippen molar-refractivity contribution in [3.63, 3.8) is 0 Å². The standard InChI is InChI=1S/C18H17ClFN7O3S/c19-11-5-10(1-2-12(11)20)6-22-18(29)16-14-15(23-8-24-16)17(26-25-14)21-7-13(28)27-3-4-31(30)9-27/h1-2,5,8H,3-4,6-7,9H2,(H,22,29)(H2,21,25,26). The van der Waals surface area contributed by atoms with Crippen LogP contribution in [0.4, 0.5) is 10.2 Å². The second-order valence-corrected chi connectivity index (χ2v) is 8.69. The number of hydrogen-bond acceptors (Lipinski definition) is 7. The van der Waals surface area contributed by atoms with Gasteiger partial charge in [-0.25, -0.2) is 14.4 Å². The van der Waals surface area contributed by atoms with Crippen molar-refractivity contribution < 1.29 is 18.5 Å². The lowest BCUT2D eigenvalue weighted by atomic mass is 10.2. The van der Waals surface area contributed by atoms with E-state index in [9.17, 15) is 18.5 Å². The van der Waals surface area contributed by atoms with Crippen LogP contribution in [0.15, 0.2) is 24.5 Å². The number of carbonyl (C=O) groups is 2. The molecular formula is C18H17ClFN7O3S. The Bertz CT molecular complexity index is 1140. The van der Waals surface area contributed by atoms with Crippen molar-refractivity contribution in [2.45, 2.75) is 6.54 Å². The second-order valence-electron chi connectivity index (χ2n) is 6.73. The molecule has 1 aliphatic rings. The van der Waals surface area contributed by atoms with Crippen LogP contribution in [0.1, 0.15) is 16.1 Å². The summed E-state index contributed by atoms with van der Waals surface area (Å²) in [6.45, 7) is 0.531. The summed E-state index contributed by atoms with van der Waals surface area (Å²) < 4.78 is 24.7. The molecule has 3 heterocycles. The van der Waals surface area contributed by atoms with Gasteiger partial charge in [0.1, 0.15) is 28.9 Å². The lowest BCUT2D eigenvalue weighted by molar-refractivity contribution is -0.127. The number of amides is 2. The Hall–Kier alpha value is -2.96. The summed E-state index contributed by atoms with van der Waals surface area (Å²) in [5.74, 6) is -0.222. The SMILES string of the molecule is O=C(NCc1ccc(F)c(Cl)c1)c1ncnc2c(NCC(=O)N3CC[S+]([O-])C3)n[nH]c12. The van der Waals surface area contributed by atoms with Gasteiger partial charge in [0, 0.05) is 6.54 Å². The summed E-state index contributed by atoms with van der Waals surface area (Å²) in [6, 6.07) is 4.17. The van der Waals surface area contributed by atoms with Crippen molar-refractivity contribution >= 4 is 51.4 Å². The third-order valence-corrected chi connectivity index (χ3v) is 6.18. The van der Waals surface area contributed by atoms with Crippen LogP contribution in [0.25, 0.3) is 11.0 Å². The number of aromatic nitrogens is 4. The van der Waals surface area contributed by atoms with Crippen LogP contribution in [0, 0.1) is 5.82 Å². The van der Waals surface area contributed by atoms with E-state index in [1.54, 1.807) is 0 Å². The Morgan fingerprint density at radius 2 is 2.19 bits per heavy atom. The molecule has 1 saturated heterocycles. The molecule has 1 atom stereocenters. The average molecular weight is 466 g/mol. The molecule has 1 unspecified atom stereocenters. The Morgan fingerprint density at radius 3 is 2.94 bits per heavy atom. The number of H-pyrrole nitrogens is 1. The van der Waals surface area contributed by atoms with E-state index in [0.717, 1.165) is 0 Å². The minimum Gasteiger partial charge on any atom is -0.615 e. The third-order valence-electron chi connectivity index (χ3n) is 4.65. The minimum absolute atomic E-state index is 0.0322. The molecule has 2 amide bonds. The van der Waals surface area contributed by atoms with Gasteiger partial charge in [0.05, 0.1) is 18.1 Å². The molecule has 1 fully saturated rings. The number of fused-ring (bicyclic) bond motifs is 1. The topological polar surface area (TPSA) is 139 Å². The van der Waals surface area contributed by atoms with Crippen molar-refractivity contribution in [1.29, 1.82) is 0 Å². The van der Waals surface area contributed by atoms with Crippen LogP contribution in [0.3, 0.4) is 0 Å². The van der Waals surface area contributed by atoms with Gasteiger partial charge >= 0.3 is 0 Å². The number of hydrogen-bond donors (Lipinski definition) is 3. The van der Waals surface area contributed by atoms with Crippen molar-refractivity contribution in [2.24, 2.45) is 0 Å². The molecule has 0 saturated carbocycles. The Labute approximate surface area is 183 Å². The number of carbonyl (C=O) groups excluding carboxylic acids is 2. The maximum Gasteiger partial charge on any atom is 0.272 e. The largest absolute Gasteiger partial charge is 0.615 e. The monoisotopic (exact) mass is 465 g/mol. The number of nitrogens with zero attached hydrogens (tertiary/aromatic N) is 4. The summed E-state index contributed by atoms with van der Waals surface area (Å²) in [6.07, 6.45) is 1.22. The van der Waals surface area contributed by atoms with E-state index in [0.29, 0.717) is 34.7 Å². The highest BCUT2D eigenvalue weighted by Crippen LogP contribution is 2.20. The molecule has 2 aromatic heterocycles. The number of halogens is 2. The molecule has 162 valence electrons. The van der Waals surface area contributed by atoms with Crippen molar-refractivity contribution in [3.8, 4) is 0 Å². The predicted molar refractivity (Wildman–Crippen MR) is 112 cm³/mol. The fraction of sp³-hybridized carbons (Fsp3) is 0.278. The zero-order valence-corrected chi connectivity index (χ0v) is 17.6. The normalized spacial score (nSPS) is 16.0. The van der Waals surface area contributed by atoms with Gasteiger partial charge in [-0.15, -0.1) is 0 Å². The zero-order chi connectivity index (χ0) is 22.0. The molecule has 0 radical (unpaired) electrons. The lowest BCUT2D eigenvalue weighted by Crippen LogP contribution is -2.34. The van der Waals surface area contributed by atoms with Gasteiger partial charge in [0.25, 0.3) is 5.91 Å².